The van der Waals surface area contributed by atoms with Crippen LogP contribution in [-0.4, -0.2) is 47.5 Å². The van der Waals surface area contributed by atoms with Gasteiger partial charge in [0.15, 0.2) is 0 Å². The van der Waals surface area contributed by atoms with Crippen LogP contribution < -0.4 is 9.47 Å². The maximum Gasteiger partial charge on any atom is 0.127 e. The normalized spacial score (nSPS) is 18.2. The lowest BCUT2D eigenvalue weighted by atomic mass is 9.93. The number of phenolic OH excluding ortho intramolecular Hbond substituents is 2. The number of phenols is 2. The molecule has 2 aliphatic rings. The Morgan fingerprint density at radius 2 is 1.77 bits per heavy atom. The minimum atomic E-state index is 0.221. The predicted octanol–water partition coefficient (Wildman–Crippen LogP) is 6.22. The maximum atomic E-state index is 9.59. The van der Waals surface area contributed by atoms with E-state index in [-0.39, 0.29) is 11.5 Å². The van der Waals surface area contributed by atoms with E-state index in [1.165, 1.54) is 19.5 Å². The van der Waals surface area contributed by atoms with Gasteiger partial charge in [-0.25, -0.2) is 0 Å². The third-order valence-electron chi connectivity index (χ3n) is 6.70. The molecule has 5 nitrogen and oxygen atoms in total. The molecule has 3 aromatic rings. The zero-order chi connectivity index (χ0) is 24.8. The molecule has 2 N–H and O–H groups in total. The Hall–Kier alpha value is -3.44. The zero-order valence-corrected chi connectivity index (χ0v) is 20.8. The number of hydrogen-bond acceptors (Lipinski definition) is 5. The molecule has 0 spiro atoms. The first kappa shape index (κ1) is 24.7. The fourth-order valence-electron chi connectivity index (χ4n) is 4.56. The quantitative estimate of drug-likeness (QED) is 0.461. The lowest BCUT2D eigenvalue weighted by Gasteiger charge is -2.24. The van der Waals surface area contributed by atoms with Gasteiger partial charge in [0.05, 0.1) is 0 Å². The maximum absolute atomic E-state index is 9.59. The highest BCUT2D eigenvalue weighted by atomic mass is 16.5. The third-order valence-corrected chi connectivity index (χ3v) is 6.70. The standard InChI is InChI=1S/C16H14O3.C14H21NO/c1-10-14-8-13(18)5-6-16(14)19-9-15(10)11-3-2-4-12(17)7-11;1-12-8-9-15(10-12)13(2)11-16-14-6-4-3-5-7-14/h2-8,17-18H,9H2,1H3;3-7,12-13H,8-11H2,1-2H3/t;12-,13+/m.1/s1. The van der Waals surface area contributed by atoms with Gasteiger partial charge in [-0.3, -0.25) is 4.90 Å². The lowest BCUT2D eigenvalue weighted by molar-refractivity contribution is 0.169. The van der Waals surface area contributed by atoms with Gasteiger partial charge in [-0.2, -0.15) is 0 Å². The van der Waals surface area contributed by atoms with Crippen molar-refractivity contribution in [2.24, 2.45) is 5.92 Å². The first-order chi connectivity index (χ1) is 16.9. The minimum Gasteiger partial charge on any atom is -0.508 e. The van der Waals surface area contributed by atoms with Gasteiger partial charge in [-0.1, -0.05) is 37.3 Å². The van der Waals surface area contributed by atoms with Gasteiger partial charge in [0.2, 0.25) is 0 Å². The summed E-state index contributed by atoms with van der Waals surface area (Å²) in [7, 11) is 0. The Kier molecular flexibility index (Phi) is 7.98. The summed E-state index contributed by atoms with van der Waals surface area (Å²) in [5.41, 5.74) is 3.91. The van der Waals surface area contributed by atoms with Crippen molar-refractivity contribution in [1.82, 2.24) is 4.90 Å². The van der Waals surface area contributed by atoms with Crippen molar-refractivity contribution in [2.75, 3.05) is 26.3 Å². The fraction of sp³-hybridized carbons (Fsp3) is 0.333. The molecule has 0 amide bonds. The SMILES string of the molecule is CC1=C(c2cccc(O)c2)COc2ccc(O)cc21.C[C@@H]1CCN([C@@H](C)COc2ccccc2)C1. The highest BCUT2D eigenvalue weighted by Gasteiger charge is 2.23. The second kappa shape index (κ2) is 11.3. The second-order valence-corrected chi connectivity index (χ2v) is 9.48. The van der Waals surface area contributed by atoms with E-state index in [4.69, 9.17) is 9.47 Å². The van der Waals surface area contributed by atoms with E-state index in [2.05, 4.69) is 18.7 Å². The number of hydrogen-bond donors (Lipinski definition) is 2. The van der Waals surface area contributed by atoms with Crippen molar-refractivity contribution in [3.8, 4) is 23.0 Å². The van der Waals surface area contributed by atoms with E-state index >= 15 is 0 Å². The van der Waals surface area contributed by atoms with Crippen molar-refractivity contribution in [3.05, 3.63) is 83.9 Å². The molecule has 5 heteroatoms. The summed E-state index contributed by atoms with van der Waals surface area (Å²) in [4.78, 5) is 2.52. The molecule has 2 heterocycles. The molecule has 0 saturated carbocycles. The number of allylic oxidation sites excluding steroid dienone is 1. The number of para-hydroxylation sites is 1. The Morgan fingerprint density at radius 3 is 2.49 bits per heavy atom. The molecule has 0 aromatic heterocycles. The van der Waals surface area contributed by atoms with Gasteiger partial charge in [0.1, 0.15) is 36.2 Å². The molecule has 5 rings (SSSR count). The molecule has 1 fully saturated rings. The predicted molar refractivity (Wildman–Crippen MR) is 141 cm³/mol. The number of rotatable bonds is 5. The monoisotopic (exact) mass is 473 g/mol. The zero-order valence-electron chi connectivity index (χ0n) is 20.8. The first-order valence-corrected chi connectivity index (χ1v) is 12.3. The molecule has 0 radical (unpaired) electrons. The van der Waals surface area contributed by atoms with Gasteiger partial charge in [-0.05, 0) is 86.3 Å². The van der Waals surface area contributed by atoms with Crippen molar-refractivity contribution >= 4 is 11.1 Å². The van der Waals surface area contributed by atoms with Crippen molar-refractivity contribution < 1.29 is 19.7 Å². The smallest absolute Gasteiger partial charge is 0.127 e. The number of ether oxygens (including phenoxy) is 2. The van der Waals surface area contributed by atoms with Gasteiger partial charge in [0.25, 0.3) is 0 Å². The molecule has 3 aromatic carbocycles. The molecule has 1 saturated heterocycles. The number of fused-ring (bicyclic) bond motifs is 1. The first-order valence-electron chi connectivity index (χ1n) is 12.3. The van der Waals surface area contributed by atoms with E-state index in [0.29, 0.717) is 12.6 Å². The largest absolute Gasteiger partial charge is 0.508 e. The van der Waals surface area contributed by atoms with Crippen LogP contribution in [0.15, 0.2) is 72.8 Å². The van der Waals surface area contributed by atoms with E-state index < -0.39 is 0 Å². The van der Waals surface area contributed by atoms with Crippen molar-refractivity contribution in [3.63, 3.8) is 0 Å². The molecular weight excluding hydrogens is 438 g/mol. The molecule has 2 aliphatic heterocycles. The number of likely N-dealkylation sites (tertiary alicyclic amines) is 1. The highest BCUT2D eigenvalue weighted by molar-refractivity contribution is 5.94. The van der Waals surface area contributed by atoms with Crippen LogP contribution in [0.3, 0.4) is 0 Å². The average Bonchev–Trinajstić information content (AvgIpc) is 3.30. The average molecular weight is 474 g/mol. The Morgan fingerprint density at radius 1 is 1.00 bits per heavy atom. The highest BCUT2D eigenvalue weighted by Crippen LogP contribution is 2.38. The van der Waals surface area contributed by atoms with Gasteiger partial charge in [0, 0.05) is 23.7 Å². The lowest BCUT2D eigenvalue weighted by Crippen LogP contribution is -2.35. The number of benzene rings is 3. The number of nitrogens with zero attached hydrogens (tertiary/aromatic N) is 1. The van der Waals surface area contributed by atoms with E-state index in [9.17, 15) is 10.2 Å². The van der Waals surface area contributed by atoms with E-state index in [1.807, 2.05) is 49.4 Å². The van der Waals surface area contributed by atoms with E-state index in [0.717, 1.165) is 46.3 Å². The van der Waals surface area contributed by atoms with E-state index in [1.54, 1.807) is 30.3 Å². The van der Waals surface area contributed by atoms with Crippen molar-refractivity contribution in [1.29, 1.82) is 0 Å². The summed E-state index contributed by atoms with van der Waals surface area (Å²) >= 11 is 0. The van der Waals surface area contributed by atoms with Crippen LogP contribution in [0.4, 0.5) is 0 Å². The fourth-order valence-corrected chi connectivity index (χ4v) is 4.56. The van der Waals surface area contributed by atoms with Crippen LogP contribution in [0.25, 0.3) is 11.1 Å². The Bertz CT molecular complexity index is 1160. The van der Waals surface area contributed by atoms with Gasteiger partial charge < -0.3 is 19.7 Å². The molecule has 0 bridgehead atoms. The third kappa shape index (κ3) is 6.37. The van der Waals surface area contributed by atoms with Crippen molar-refractivity contribution in [2.45, 2.75) is 33.2 Å². The molecular formula is C30H35NO4. The van der Waals surface area contributed by atoms with Crippen LogP contribution in [0.2, 0.25) is 0 Å². The summed E-state index contributed by atoms with van der Waals surface area (Å²) in [6.45, 7) is 10.3. The minimum absolute atomic E-state index is 0.221. The van der Waals surface area contributed by atoms with Crippen LogP contribution in [0.1, 0.15) is 38.3 Å². The molecule has 0 unspecified atom stereocenters. The molecule has 2 atom stereocenters. The Balaban J connectivity index is 0.000000168. The summed E-state index contributed by atoms with van der Waals surface area (Å²) in [6, 6.07) is 22.8. The molecule has 0 aliphatic carbocycles. The molecule has 184 valence electrons. The van der Waals surface area contributed by atoms with Crippen LogP contribution in [0, 0.1) is 5.92 Å². The summed E-state index contributed by atoms with van der Waals surface area (Å²) < 4.78 is 11.5. The van der Waals surface area contributed by atoms with Crippen LogP contribution in [-0.2, 0) is 0 Å². The number of aromatic hydroxyl groups is 2. The second-order valence-electron chi connectivity index (χ2n) is 9.48. The summed E-state index contributed by atoms with van der Waals surface area (Å²) in [5, 5.41) is 19.2. The Labute approximate surface area is 208 Å². The molecule has 35 heavy (non-hydrogen) atoms. The van der Waals surface area contributed by atoms with Crippen LogP contribution in [0.5, 0.6) is 23.0 Å². The van der Waals surface area contributed by atoms with Gasteiger partial charge >= 0.3 is 0 Å². The summed E-state index contributed by atoms with van der Waals surface area (Å²) in [6.07, 6.45) is 1.33. The van der Waals surface area contributed by atoms with Crippen LogP contribution >= 0.6 is 0 Å². The van der Waals surface area contributed by atoms with Gasteiger partial charge in [-0.15, -0.1) is 0 Å². The topological polar surface area (TPSA) is 62.2 Å². The summed E-state index contributed by atoms with van der Waals surface area (Å²) in [5.74, 6) is 3.05.